The highest BCUT2D eigenvalue weighted by Gasteiger charge is 2.23. The predicted octanol–water partition coefficient (Wildman–Crippen LogP) is 1.36. The standard InChI is InChI=1S/C15H22F2N4O/c1-19(2)7-6-18-15(22)21-10-8-20(9-11-21)13-5-3-4-12(16)14(13)17/h3-5H,6-11H2,1-2H3,(H,18,22). The van der Waals surface area contributed by atoms with Gasteiger partial charge in [-0.15, -0.1) is 0 Å². The average molecular weight is 312 g/mol. The third-order valence-corrected chi connectivity index (χ3v) is 3.67. The molecule has 0 spiro atoms. The molecule has 1 aliphatic heterocycles. The molecular weight excluding hydrogens is 290 g/mol. The predicted molar refractivity (Wildman–Crippen MR) is 82.1 cm³/mol. The minimum absolute atomic E-state index is 0.110. The van der Waals surface area contributed by atoms with Crippen molar-refractivity contribution < 1.29 is 13.6 Å². The number of hydrogen-bond acceptors (Lipinski definition) is 3. The second kappa shape index (κ2) is 7.40. The van der Waals surface area contributed by atoms with Gasteiger partial charge in [0.05, 0.1) is 5.69 Å². The van der Waals surface area contributed by atoms with Gasteiger partial charge in [0.25, 0.3) is 0 Å². The first-order valence-corrected chi connectivity index (χ1v) is 7.35. The van der Waals surface area contributed by atoms with Crippen LogP contribution in [0.15, 0.2) is 18.2 Å². The lowest BCUT2D eigenvalue weighted by Crippen LogP contribution is -2.52. The summed E-state index contributed by atoms with van der Waals surface area (Å²) in [5, 5.41) is 2.85. The van der Waals surface area contributed by atoms with Gasteiger partial charge in [-0.3, -0.25) is 0 Å². The van der Waals surface area contributed by atoms with Crippen LogP contribution >= 0.6 is 0 Å². The molecule has 0 radical (unpaired) electrons. The number of carbonyl (C=O) groups excluding carboxylic acids is 1. The van der Waals surface area contributed by atoms with Crippen LogP contribution in [-0.4, -0.2) is 69.2 Å². The Bertz CT molecular complexity index is 516. The van der Waals surface area contributed by atoms with E-state index in [0.717, 1.165) is 12.6 Å². The minimum atomic E-state index is -0.846. The monoisotopic (exact) mass is 312 g/mol. The SMILES string of the molecule is CN(C)CCNC(=O)N1CCN(c2cccc(F)c2F)CC1. The molecule has 5 nitrogen and oxygen atoms in total. The Morgan fingerprint density at radius 2 is 1.91 bits per heavy atom. The number of likely N-dealkylation sites (N-methyl/N-ethyl adjacent to an activating group) is 1. The summed E-state index contributed by atoms with van der Waals surface area (Å²) in [7, 11) is 3.89. The van der Waals surface area contributed by atoms with E-state index >= 15 is 0 Å². The molecule has 1 aromatic rings. The molecule has 22 heavy (non-hydrogen) atoms. The highest BCUT2D eigenvalue weighted by atomic mass is 19.2. The molecule has 1 N–H and O–H groups in total. The van der Waals surface area contributed by atoms with Crippen molar-refractivity contribution in [1.29, 1.82) is 0 Å². The molecule has 0 bridgehead atoms. The highest BCUT2D eigenvalue weighted by Crippen LogP contribution is 2.22. The summed E-state index contributed by atoms with van der Waals surface area (Å²) in [6.45, 7) is 3.32. The van der Waals surface area contributed by atoms with Gasteiger partial charge >= 0.3 is 6.03 Å². The molecule has 0 atom stereocenters. The van der Waals surface area contributed by atoms with Crippen molar-refractivity contribution in [3.8, 4) is 0 Å². The zero-order valence-electron chi connectivity index (χ0n) is 13.0. The molecule has 1 aromatic carbocycles. The Morgan fingerprint density at radius 3 is 2.55 bits per heavy atom. The van der Waals surface area contributed by atoms with Crippen LogP contribution in [0.25, 0.3) is 0 Å². The number of hydrogen-bond donors (Lipinski definition) is 1. The van der Waals surface area contributed by atoms with E-state index in [9.17, 15) is 13.6 Å². The van der Waals surface area contributed by atoms with E-state index in [4.69, 9.17) is 0 Å². The van der Waals surface area contributed by atoms with E-state index in [-0.39, 0.29) is 11.7 Å². The number of anilines is 1. The fraction of sp³-hybridized carbons (Fsp3) is 0.533. The number of urea groups is 1. The Labute approximate surface area is 129 Å². The average Bonchev–Trinajstić information content (AvgIpc) is 2.50. The van der Waals surface area contributed by atoms with E-state index in [0.29, 0.717) is 32.7 Å². The first-order chi connectivity index (χ1) is 10.5. The lowest BCUT2D eigenvalue weighted by Gasteiger charge is -2.36. The van der Waals surface area contributed by atoms with Crippen LogP contribution < -0.4 is 10.2 Å². The van der Waals surface area contributed by atoms with Crippen LogP contribution in [0.4, 0.5) is 19.3 Å². The summed E-state index contributed by atoms with van der Waals surface area (Å²) in [5.41, 5.74) is 0.257. The summed E-state index contributed by atoms with van der Waals surface area (Å²) >= 11 is 0. The number of nitrogens with one attached hydrogen (secondary N) is 1. The van der Waals surface area contributed by atoms with Gasteiger partial charge in [0, 0.05) is 39.3 Å². The third-order valence-electron chi connectivity index (χ3n) is 3.67. The van der Waals surface area contributed by atoms with E-state index in [1.165, 1.54) is 6.07 Å². The fourth-order valence-corrected chi connectivity index (χ4v) is 2.39. The Morgan fingerprint density at radius 1 is 1.23 bits per heavy atom. The van der Waals surface area contributed by atoms with E-state index < -0.39 is 11.6 Å². The van der Waals surface area contributed by atoms with Gasteiger partial charge in [-0.1, -0.05) is 6.07 Å². The maximum absolute atomic E-state index is 13.8. The van der Waals surface area contributed by atoms with E-state index in [1.807, 2.05) is 19.0 Å². The maximum atomic E-state index is 13.8. The lowest BCUT2D eigenvalue weighted by molar-refractivity contribution is 0.193. The van der Waals surface area contributed by atoms with Crippen LogP contribution in [0.5, 0.6) is 0 Å². The summed E-state index contributed by atoms with van der Waals surface area (Å²) in [6, 6.07) is 4.05. The fourth-order valence-electron chi connectivity index (χ4n) is 2.39. The molecule has 1 heterocycles. The second-order valence-electron chi connectivity index (χ2n) is 5.58. The number of carbonyl (C=O) groups is 1. The second-order valence-corrected chi connectivity index (χ2v) is 5.58. The maximum Gasteiger partial charge on any atom is 0.317 e. The van der Waals surface area contributed by atoms with Crippen LogP contribution in [0.3, 0.4) is 0 Å². The number of rotatable bonds is 4. The zero-order chi connectivity index (χ0) is 16.1. The summed E-state index contributed by atoms with van der Waals surface area (Å²) in [4.78, 5) is 17.4. The first-order valence-electron chi connectivity index (χ1n) is 7.35. The molecule has 7 heteroatoms. The Kier molecular flexibility index (Phi) is 5.54. The molecule has 0 aromatic heterocycles. The number of halogens is 2. The number of benzene rings is 1. The number of piperazine rings is 1. The van der Waals surface area contributed by atoms with Crippen LogP contribution in [0, 0.1) is 11.6 Å². The smallest absolute Gasteiger partial charge is 0.317 e. The zero-order valence-corrected chi connectivity index (χ0v) is 13.0. The molecule has 2 rings (SSSR count). The van der Waals surface area contributed by atoms with Crippen molar-refractivity contribution in [2.45, 2.75) is 0 Å². The topological polar surface area (TPSA) is 38.8 Å². The van der Waals surface area contributed by atoms with Gasteiger partial charge in [-0.25, -0.2) is 13.6 Å². The van der Waals surface area contributed by atoms with Crippen LogP contribution in [0.2, 0.25) is 0 Å². The van der Waals surface area contributed by atoms with Crippen molar-refractivity contribution >= 4 is 11.7 Å². The molecule has 122 valence electrons. The molecule has 2 amide bonds. The van der Waals surface area contributed by atoms with Gasteiger partial charge < -0.3 is 20.0 Å². The van der Waals surface area contributed by atoms with Crippen molar-refractivity contribution in [3.63, 3.8) is 0 Å². The van der Waals surface area contributed by atoms with Gasteiger partial charge in [0.1, 0.15) is 0 Å². The molecule has 0 saturated carbocycles. The molecule has 1 aliphatic rings. The molecule has 1 saturated heterocycles. The molecule has 0 aliphatic carbocycles. The molecular formula is C15H22F2N4O. The Hall–Kier alpha value is -1.89. The minimum Gasteiger partial charge on any atom is -0.366 e. The molecule has 1 fully saturated rings. The summed E-state index contributed by atoms with van der Waals surface area (Å²) in [6.07, 6.45) is 0. The first kappa shape index (κ1) is 16.5. The van der Waals surface area contributed by atoms with Gasteiger partial charge in [0.2, 0.25) is 0 Å². The van der Waals surface area contributed by atoms with E-state index in [2.05, 4.69) is 5.32 Å². The van der Waals surface area contributed by atoms with Crippen LogP contribution in [0.1, 0.15) is 0 Å². The van der Waals surface area contributed by atoms with Gasteiger partial charge in [0.15, 0.2) is 11.6 Å². The normalized spacial score (nSPS) is 15.3. The van der Waals surface area contributed by atoms with Crippen molar-refractivity contribution in [3.05, 3.63) is 29.8 Å². The van der Waals surface area contributed by atoms with E-state index in [1.54, 1.807) is 15.9 Å². The molecule has 0 unspecified atom stereocenters. The largest absolute Gasteiger partial charge is 0.366 e. The number of nitrogens with zero attached hydrogens (tertiary/aromatic N) is 3. The lowest BCUT2D eigenvalue weighted by atomic mass is 10.2. The number of amides is 2. The Balaban J connectivity index is 1.85. The summed E-state index contributed by atoms with van der Waals surface area (Å²) in [5.74, 6) is -1.67. The third kappa shape index (κ3) is 4.07. The van der Waals surface area contributed by atoms with Crippen LogP contribution in [-0.2, 0) is 0 Å². The van der Waals surface area contributed by atoms with Gasteiger partial charge in [-0.2, -0.15) is 0 Å². The quantitative estimate of drug-likeness (QED) is 0.912. The van der Waals surface area contributed by atoms with Gasteiger partial charge in [-0.05, 0) is 26.2 Å². The van der Waals surface area contributed by atoms with Crippen molar-refractivity contribution in [2.24, 2.45) is 0 Å². The van der Waals surface area contributed by atoms with Crippen molar-refractivity contribution in [2.75, 3.05) is 58.3 Å². The highest BCUT2D eigenvalue weighted by molar-refractivity contribution is 5.74. The van der Waals surface area contributed by atoms with Crippen molar-refractivity contribution in [1.82, 2.24) is 15.1 Å². The summed E-state index contributed by atoms with van der Waals surface area (Å²) < 4.78 is 27.0.